The normalized spacial score (nSPS) is 14.4. The summed E-state index contributed by atoms with van der Waals surface area (Å²) < 4.78 is 40.5. The third-order valence-electron chi connectivity index (χ3n) is 1.62. The van der Waals surface area contributed by atoms with Gasteiger partial charge >= 0.3 is 12.1 Å². The summed E-state index contributed by atoms with van der Waals surface area (Å²) in [5, 5.41) is 2.33. The van der Waals surface area contributed by atoms with Gasteiger partial charge in [0.05, 0.1) is 0 Å². The van der Waals surface area contributed by atoms with Gasteiger partial charge in [-0.3, -0.25) is 4.79 Å². The number of rotatable bonds is 4. The molecular weight excluding hydrogens is 251 g/mol. The summed E-state index contributed by atoms with van der Waals surface area (Å²) in [6, 6.07) is -0.846. The highest BCUT2D eigenvalue weighted by Crippen LogP contribution is 2.16. The lowest BCUT2D eigenvalue weighted by atomic mass is 10.2. The molecule has 104 valence electrons. The number of hydrogen-bond donors (Lipinski definition) is 1. The second-order valence-electron chi connectivity index (χ2n) is 4.62. The molecule has 0 aromatic carbocycles. The monoisotopic (exact) mass is 267 g/mol. The molecule has 0 aliphatic rings. The Morgan fingerprint density at radius 3 is 2.11 bits per heavy atom. The molecule has 18 heavy (non-hydrogen) atoms. The zero-order valence-corrected chi connectivity index (χ0v) is 10.6. The molecule has 0 amide bonds. The molecular formula is C11H16F3NO3. The van der Waals surface area contributed by atoms with Crippen molar-refractivity contribution in [2.75, 3.05) is 0 Å². The summed E-state index contributed by atoms with van der Waals surface area (Å²) in [7, 11) is 0. The number of carbonyl (C=O) groups excluding carboxylic acids is 2. The van der Waals surface area contributed by atoms with Crippen molar-refractivity contribution < 1.29 is 27.5 Å². The minimum absolute atomic E-state index is 0.320. The van der Waals surface area contributed by atoms with Crippen LogP contribution in [0.1, 0.15) is 27.7 Å². The van der Waals surface area contributed by atoms with Crippen LogP contribution in [0.25, 0.3) is 0 Å². The summed E-state index contributed by atoms with van der Waals surface area (Å²) in [5.74, 6) is -2.61. The number of halogens is 3. The van der Waals surface area contributed by atoms with Crippen LogP contribution < -0.4 is 5.32 Å². The van der Waals surface area contributed by atoms with Crippen molar-refractivity contribution in [2.45, 2.75) is 45.5 Å². The molecule has 1 atom stereocenters. The summed E-state index contributed by atoms with van der Waals surface area (Å²) in [6.07, 6.45) is -3.81. The maximum atomic E-state index is 11.8. The molecule has 0 rings (SSSR count). The highest BCUT2D eigenvalue weighted by atomic mass is 19.4. The van der Waals surface area contributed by atoms with E-state index in [1.165, 1.54) is 6.92 Å². The first kappa shape index (κ1) is 16.5. The summed E-state index contributed by atoms with van der Waals surface area (Å²) >= 11 is 0. The fourth-order valence-corrected chi connectivity index (χ4v) is 0.821. The van der Waals surface area contributed by atoms with Gasteiger partial charge in [0.1, 0.15) is 11.6 Å². The number of allylic oxidation sites excluding steroid dienone is 1. The maximum Gasteiger partial charge on any atom is 0.454 e. The lowest BCUT2D eigenvalue weighted by Crippen LogP contribution is -2.37. The summed E-state index contributed by atoms with van der Waals surface area (Å²) in [5.41, 5.74) is -0.682. The average molecular weight is 267 g/mol. The van der Waals surface area contributed by atoms with Crippen LogP contribution in [0.5, 0.6) is 0 Å². The third-order valence-corrected chi connectivity index (χ3v) is 1.62. The van der Waals surface area contributed by atoms with Gasteiger partial charge in [-0.1, -0.05) is 0 Å². The zero-order chi connectivity index (χ0) is 14.6. The molecule has 0 aliphatic carbocycles. The van der Waals surface area contributed by atoms with Crippen LogP contribution in [0.2, 0.25) is 0 Å². The topological polar surface area (TPSA) is 55.4 Å². The van der Waals surface area contributed by atoms with Crippen LogP contribution in [0.4, 0.5) is 13.2 Å². The van der Waals surface area contributed by atoms with Crippen LogP contribution in [0.15, 0.2) is 12.3 Å². The van der Waals surface area contributed by atoms with Crippen molar-refractivity contribution in [1.82, 2.24) is 5.32 Å². The van der Waals surface area contributed by atoms with Crippen molar-refractivity contribution in [3.8, 4) is 0 Å². The van der Waals surface area contributed by atoms with Gasteiger partial charge in [-0.15, -0.1) is 0 Å². The lowest BCUT2D eigenvalue weighted by Gasteiger charge is -2.22. The molecule has 4 nitrogen and oxygen atoms in total. The van der Waals surface area contributed by atoms with Crippen molar-refractivity contribution >= 4 is 11.8 Å². The highest BCUT2D eigenvalue weighted by Gasteiger charge is 2.36. The van der Waals surface area contributed by atoms with E-state index in [9.17, 15) is 22.8 Å². The van der Waals surface area contributed by atoms with Gasteiger partial charge in [0.2, 0.25) is 0 Å². The fraction of sp³-hybridized carbons (Fsp3) is 0.636. The van der Waals surface area contributed by atoms with Crippen LogP contribution in [0, 0.1) is 0 Å². The van der Waals surface area contributed by atoms with Crippen molar-refractivity contribution in [3.05, 3.63) is 12.3 Å². The molecule has 0 spiro atoms. The molecule has 0 aromatic heterocycles. The lowest BCUT2D eigenvalue weighted by molar-refractivity contribution is -0.165. The highest BCUT2D eigenvalue weighted by molar-refractivity contribution is 5.94. The molecule has 0 radical (unpaired) electrons. The van der Waals surface area contributed by atoms with Crippen LogP contribution in [-0.2, 0) is 14.3 Å². The molecule has 0 bridgehead atoms. The quantitative estimate of drug-likeness (QED) is 0.625. The predicted molar refractivity (Wildman–Crippen MR) is 58.6 cm³/mol. The Balaban J connectivity index is 4.27. The van der Waals surface area contributed by atoms with Gasteiger partial charge in [0.25, 0.3) is 5.78 Å². The number of carbonyl (C=O) groups is 2. The molecule has 0 saturated heterocycles. The first-order chi connectivity index (χ1) is 7.93. The first-order valence-electron chi connectivity index (χ1n) is 5.20. The zero-order valence-electron chi connectivity index (χ0n) is 10.6. The SMILES string of the molecule is CC(NC=CC(=O)C(F)(F)F)C(=O)OC(C)(C)C. The number of ether oxygens (including phenoxy) is 1. The van der Waals surface area contributed by atoms with Gasteiger partial charge in [-0.2, -0.15) is 13.2 Å². The summed E-state index contributed by atoms with van der Waals surface area (Å²) in [6.45, 7) is 6.42. The predicted octanol–water partition coefficient (Wildman–Crippen LogP) is 1.95. The van der Waals surface area contributed by atoms with E-state index in [1.54, 1.807) is 20.8 Å². The Kier molecular flexibility index (Phi) is 5.38. The van der Waals surface area contributed by atoms with E-state index in [-0.39, 0.29) is 0 Å². The van der Waals surface area contributed by atoms with Crippen LogP contribution >= 0.6 is 0 Å². The molecule has 0 fully saturated rings. The van der Waals surface area contributed by atoms with Crippen molar-refractivity contribution in [3.63, 3.8) is 0 Å². The largest absolute Gasteiger partial charge is 0.458 e. The summed E-state index contributed by atoms with van der Waals surface area (Å²) in [4.78, 5) is 21.9. The molecule has 7 heteroatoms. The molecule has 1 N–H and O–H groups in total. The molecule has 0 aliphatic heterocycles. The molecule has 1 unspecified atom stereocenters. The number of ketones is 1. The Bertz CT molecular complexity index is 342. The maximum absolute atomic E-state index is 11.8. The van der Waals surface area contributed by atoms with E-state index < -0.39 is 29.6 Å². The molecule has 0 saturated carbocycles. The Hall–Kier alpha value is -1.53. The number of hydrogen-bond acceptors (Lipinski definition) is 4. The minimum Gasteiger partial charge on any atom is -0.458 e. The third kappa shape index (κ3) is 6.93. The average Bonchev–Trinajstić information content (AvgIpc) is 2.12. The van der Waals surface area contributed by atoms with Gasteiger partial charge in [0.15, 0.2) is 0 Å². The van der Waals surface area contributed by atoms with Crippen molar-refractivity contribution in [2.24, 2.45) is 0 Å². The van der Waals surface area contributed by atoms with Crippen LogP contribution in [-0.4, -0.2) is 29.6 Å². The number of alkyl halides is 3. The number of nitrogens with one attached hydrogen (secondary N) is 1. The van der Waals surface area contributed by atoms with Gasteiger partial charge in [0, 0.05) is 12.3 Å². The minimum atomic E-state index is -4.91. The Morgan fingerprint density at radius 2 is 1.72 bits per heavy atom. The van der Waals surface area contributed by atoms with E-state index in [0.717, 1.165) is 6.20 Å². The Labute approximate surface area is 103 Å². The second-order valence-corrected chi connectivity index (χ2v) is 4.62. The van der Waals surface area contributed by atoms with E-state index in [4.69, 9.17) is 4.74 Å². The molecule has 0 aromatic rings. The Morgan fingerprint density at radius 1 is 1.22 bits per heavy atom. The smallest absolute Gasteiger partial charge is 0.454 e. The number of esters is 1. The first-order valence-corrected chi connectivity index (χ1v) is 5.20. The van der Waals surface area contributed by atoms with E-state index in [2.05, 4.69) is 5.32 Å². The van der Waals surface area contributed by atoms with E-state index >= 15 is 0 Å². The fourth-order valence-electron chi connectivity index (χ4n) is 0.821. The van der Waals surface area contributed by atoms with Gasteiger partial charge in [-0.25, -0.2) is 4.79 Å². The van der Waals surface area contributed by atoms with Crippen LogP contribution in [0.3, 0.4) is 0 Å². The van der Waals surface area contributed by atoms with Crippen molar-refractivity contribution in [1.29, 1.82) is 0 Å². The second kappa shape index (κ2) is 5.88. The van der Waals surface area contributed by atoms with Gasteiger partial charge in [-0.05, 0) is 27.7 Å². The van der Waals surface area contributed by atoms with Gasteiger partial charge < -0.3 is 10.1 Å². The van der Waals surface area contributed by atoms with E-state index in [1.807, 2.05) is 0 Å². The molecule has 0 heterocycles. The standard InChI is InChI=1S/C11H16F3NO3/c1-7(9(17)18-10(2,3)4)15-6-5-8(16)11(12,13)14/h5-7,15H,1-4H3. The van der Waals surface area contributed by atoms with E-state index in [0.29, 0.717) is 6.08 Å².